The minimum absolute atomic E-state index is 0.325. The van der Waals surface area contributed by atoms with Gasteiger partial charge in [-0.2, -0.15) is 0 Å². The van der Waals surface area contributed by atoms with Gasteiger partial charge >= 0.3 is 0 Å². The van der Waals surface area contributed by atoms with Crippen LogP contribution in [-0.2, 0) is 0 Å². The van der Waals surface area contributed by atoms with Crippen molar-refractivity contribution in [3.63, 3.8) is 0 Å². The lowest BCUT2D eigenvalue weighted by molar-refractivity contribution is 0.158. The zero-order chi connectivity index (χ0) is 13.7. The van der Waals surface area contributed by atoms with Crippen molar-refractivity contribution in [3.8, 4) is 5.75 Å². The summed E-state index contributed by atoms with van der Waals surface area (Å²) in [4.78, 5) is 2.44. The maximum Gasteiger partial charge on any atom is 0.119 e. The van der Waals surface area contributed by atoms with E-state index in [1.807, 2.05) is 24.3 Å². The number of hydrogen-bond donors (Lipinski definition) is 1. The third kappa shape index (κ3) is 4.68. The summed E-state index contributed by atoms with van der Waals surface area (Å²) in [5, 5.41) is 0.740. The monoisotopic (exact) mass is 282 g/mol. The highest BCUT2D eigenvalue weighted by Crippen LogP contribution is 2.17. The number of halogens is 1. The Kier molecular flexibility index (Phi) is 5.49. The van der Waals surface area contributed by atoms with Gasteiger partial charge in [-0.1, -0.05) is 18.5 Å². The molecule has 2 atom stereocenters. The van der Waals surface area contributed by atoms with E-state index in [9.17, 15) is 0 Å². The number of nitrogens with zero attached hydrogens (tertiary/aromatic N) is 1. The molecule has 2 unspecified atom stereocenters. The van der Waals surface area contributed by atoms with Gasteiger partial charge in [0.05, 0.1) is 6.61 Å². The van der Waals surface area contributed by atoms with Gasteiger partial charge in [-0.3, -0.25) is 0 Å². The standard InChI is InChI=1S/C15H23ClN2O/c1-12-7-9-18(11-15(12)17)8-2-10-19-14-5-3-13(16)4-6-14/h3-6,12,15H,2,7-11,17H2,1H3. The highest BCUT2D eigenvalue weighted by molar-refractivity contribution is 6.30. The number of piperidine rings is 1. The summed E-state index contributed by atoms with van der Waals surface area (Å²) in [5.74, 6) is 1.54. The van der Waals surface area contributed by atoms with Crippen molar-refractivity contribution in [2.24, 2.45) is 11.7 Å². The molecule has 0 saturated carbocycles. The van der Waals surface area contributed by atoms with Gasteiger partial charge in [-0.05, 0) is 49.6 Å². The quantitative estimate of drug-likeness (QED) is 0.844. The van der Waals surface area contributed by atoms with E-state index in [-0.39, 0.29) is 0 Å². The van der Waals surface area contributed by atoms with E-state index in [2.05, 4.69) is 11.8 Å². The fraction of sp³-hybridized carbons (Fsp3) is 0.600. The van der Waals surface area contributed by atoms with Crippen molar-refractivity contribution in [2.75, 3.05) is 26.2 Å². The number of rotatable bonds is 5. The first-order chi connectivity index (χ1) is 9.15. The number of ether oxygens (including phenoxy) is 1. The Morgan fingerprint density at radius 3 is 2.79 bits per heavy atom. The van der Waals surface area contributed by atoms with Crippen molar-refractivity contribution in [2.45, 2.75) is 25.8 Å². The molecule has 106 valence electrons. The zero-order valence-electron chi connectivity index (χ0n) is 11.5. The lowest BCUT2D eigenvalue weighted by Gasteiger charge is -2.34. The largest absolute Gasteiger partial charge is 0.494 e. The van der Waals surface area contributed by atoms with E-state index in [1.165, 1.54) is 6.42 Å². The van der Waals surface area contributed by atoms with Crippen LogP contribution in [0.3, 0.4) is 0 Å². The van der Waals surface area contributed by atoms with Crippen LogP contribution < -0.4 is 10.5 Å². The van der Waals surface area contributed by atoms with Gasteiger partial charge in [-0.15, -0.1) is 0 Å². The van der Waals surface area contributed by atoms with Crippen molar-refractivity contribution < 1.29 is 4.74 Å². The second kappa shape index (κ2) is 7.13. The van der Waals surface area contributed by atoms with Gasteiger partial charge in [0.25, 0.3) is 0 Å². The molecule has 2 rings (SSSR count). The van der Waals surface area contributed by atoms with Crippen LogP contribution in [0.4, 0.5) is 0 Å². The van der Waals surface area contributed by atoms with Crippen LogP contribution in [0.5, 0.6) is 5.75 Å². The summed E-state index contributed by atoms with van der Waals surface area (Å²) >= 11 is 5.83. The molecule has 1 aliphatic heterocycles. The summed E-state index contributed by atoms with van der Waals surface area (Å²) in [5.41, 5.74) is 6.09. The Bertz CT molecular complexity index is 382. The molecular formula is C15H23ClN2O. The smallest absolute Gasteiger partial charge is 0.119 e. The highest BCUT2D eigenvalue weighted by atomic mass is 35.5. The van der Waals surface area contributed by atoms with Crippen LogP contribution in [0.15, 0.2) is 24.3 Å². The lowest BCUT2D eigenvalue weighted by atomic mass is 9.94. The van der Waals surface area contributed by atoms with E-state index in [0.29, 0.717) is 12.0 Å². The fourth-order valence-electron chi connectivity index (χ4n) is 2.38. The topological polar surface area (TPSA) is 38.5 Å². The molecule has 0 bridgehead atoms. The average Bonchev–Trinajstić information content (AvgIpc) is 2.41. The molecule has 1 saturated heterocycles. The van der Waals surface area contributed by atoms with Crippen molar-refractivity contribution >= 4 is 11.6 Å². The second-order valence-corrected chi connectivity index (χ2v) is 5.82. The summed E-state index contributed by atoms with van der Waals surface area (Å²) in [7, 11) is 0. The average molecular weight is 283 g/mol. The molecule has 19 heavy (non-hydrogen) atoms. The second-order valence-electron chi connectivity index (χ2n) is 5.39. The molecule has 0 spiro atoms. The summed E-state index contributed by atoms with van der Waals surface area (Å²) in [6.45, 7) is 6.22. The minimum atomic E-state index is 0.325. The van der Waals surface area contributed by atoms with E-state index < -0.39 is 0 Å². The maximum absolute atomic E-state index is 6.09. The van der Waals surface area contributed by atoms with Crippen LogP contribution in [0, 0.1) is 5.92 Å². The first-order valence-electron chi connectivity index (χ1n) is 7.01. The molecule has 0 aliphatic carbocycles. The maximum atomic E-state index is 6.09. The molecule has 0 amide bonds. The molecule has 1 aromatic rings. The van der Waals surface area contributed by atoms with E-state index in [1.54, 1.807) is 0 Å². The first kappa shape index (κ1) is 14.6. The van der Waals surface area contributed by atoms with Crippen LogP contribution in [0.25, 0.3) is 0 Å². The van der Waals surface area contributed by atoms with Crippen molar-refractivity contribution in [1.82, 2.24) is 4.90 Å². The normalized spacial score (nSPS) is 24.4. The molecule has 2 N–H and O–H groups in total. The Labute approximate surface area is 120 Å². The zero-order valence-corrected chi connectivity index (χ0v) is 12.3. The lowest BCUT2D eigenvalue weighted by Crippen LogP contribution is -2.47. The molecule has 1 aliphatic rings. The van der Waals surface area contributed by atoms with E-state index in [0.717, 1.165) is 43.4 Å². The predicted octanol–water partition coefficient (Wildman–Crippen LogP) is 2.78. The van der Waals surface area contributed by atoms with Crippen LogP contribution in [-0.4, -0.2) is 37.2 Å². The fourth-order valence-corrected chi connectivity index (χ4v) is 2.51. The van der Waals surface area contributed by atoms with Crippen molar-refractivity contribution in [3.05, 3.63) is 29.3 Å². The summed E-state index contributed by atoms with van der Waals surface area (Å²) in [6.07, 6.45) is 2.24. The number of hydrogen-bond acceptors (Lipinski definition) is 3. The highest BCUT2D eigenvalue weighted by Gasteiger charge is 2.22. The van der Waals surface area contributed by atoms with Crippen molar-refractivity contribution in [1.29, 1.82) is 0 Å². The number of likely N-dealkylation sites (tertiary alicyclic amines) is 1. The molecule has 3 nitrogen and oxygen atoms in total. The van der Waals surface area contributed by atoms with Crippen LogP contribution >= 0.6 is 11.6 Å². The van der Waals surface area contributed by atoms with Gasteiger partial charge in [0, 0.05) is 24.2 Å². The van der Waals surface area contributed by atoms with Gasteiger partial charge in [0.2, 0.25) is 0 Å². The van der Waals surface area contributed by atoms with Gasteiger partial charge in [-0.25, -0.2) is 0 Å². The van der Waals surface area contributed by atoms with E-state index in [4.69, 9.17) is 22.1 Å². The number of nitrogens with two attached hydrogens (primary N) is 1. The third-order valence-corrected chi connectivity index (χ3v) is 4.05. The third-order valence-electron chi connectivity index (χ3n) is 3.80. The molecular weight excluding hydrogens is 260 g/mol. The molecule has 0 radical (unpaired) electrons. The van der Waals surface area contributed by atoms with Gasteiger partial charge < -0.3 is 15.4 Å². The molecule has 1 heterocycles. The Morgan fingerprint density at radius 2 is 2.11 bits per heavy atom. The molecule has 1 aromatic carbocycles. The summed E-state index contributed by atoms with van der Waals surface area (Å²) < 4.78 is 5.68. The van der Waals surface area contributed by atoms with E-state index >= 15 is 0 Å². The molecule has 4 heteroatoms. The number of benzene rings is 1. The first-order valence-corrected chi connectivity index (χ1v) is 7.39. The molecule has 0 aromatic heterocycles. The van der Waals surface area contributed by atoms with Crippen LogP contribution in [0.1, 0.15) is 19.8 Å². The Hall–Kier alpha value is -0.770. The Balaban J connectivity index is 1.63. The molecule has 1 fully saturated rings. The van der Waals surface area contributed by atoms with Crippen LogP contribution in [0.2, 0.25) is 5.02 Å². The Morgan fingerprint density at radius 1 is 1.37 bits per heavy atom. The van der Waals surface area contributed by atoms with Gasteiger partial charge in [0.1, 0.15) is 5.75 Å². The van der Waals surface area contributed by atoms with Gasteiger partial charge in [0.15, 0.2) is 0 Å². The summed E-state index contributed by atoms with van der Waals surface area (Å²) in [6, 6.07) is 7.83. The SMILES string of the molecule is CC1CCN(CCCOc2ccc(Cl)cc2)CC1N. The minimum Gasteiger partial charge on any atom is -0.494 e. The predicted molar refractivity (Wildman–Crippen MR) is 79.8 cm³/mol.